The molecule has 3 aromatic rings. The molecule has 1 fully saturated rings. The highest BCUT2D eigenvalue weighted by molar-refractivity contribution is 5.75. The molecule has 0 radical (unpaired) electrons. The van der Waals surface area contributed by atoms with Gasteiger partial charge in [-0.2, -0.15) is 10.1 Å². The Hall–Kier alpha value is -2.47. The Kier molecular flexibility index (Phi) is 5.11. The molecule has 6 nitrogen and oxygen atoms in total. The number of benzene rings is 1. The lowest BCUT2D eigenvalue weighted by molar-refractivity contribution is 0.299. The smallest absolute Gasteiger partial charge is 0.229 e. The van der Waals surface area contributed by atoms with E-state index in [0.717, 1.165) is 28.8 Å². The molecule has 2 aromatic heterocycles. The van der Waals surface area contributed by atoms with Crippen LogP contribution in [-0.4, -0.2) is 31.5 Å². The van der Waals surface area contributed by atoms with E-state index in [1.54, 1.807) is 0 Å². The molecule has 0 spiro atoms. The van der Waals surface area contributed by atoms with E-state index in [1.165, 1.54) is 32.1 Å². The Balaban J connectivity index is 1.54. The summed E-state index contributed by atoms with van der Waals surface area (Å²) in [7, 11) is 0. The van der Waals surface area contributed by atoms with Crippen molar-refractivity contribution in [1.82, 2.24) is 19.7 Å². The molecular weight excluding hydrogens is 326 g/mol. The van der Waals surface area contributed by atoms with Crippen molar-refractivity contribution in [1.29, 1.82) is 0 Å². The first-order chi connectivity index (χ1) is 12.8. The van der Waals surface area contributed by atoms with E-state index in [0.29, 0.717) is 18.3 Å². The number of nitrogens with one attached hydrogen (secondary N) is 1. The first-order valence-electron chi connectivity index (χ1n) is 9.47. The molecule has 0 aliphatic heterocycles. The third kappa shape index (κ3) is 3.85. The molecule has 136 valence electrons. The van der Waals surface area contributed by atoms with Gasteiger partial charge in [-0.1, -0.05) is 31.4 Å². The molecular formula is C20H25N5O. The van der Waals surface area contributed by atoms with E-state index in [9.17, 15) is 0 Å². The Morgan fingerprint density at radius 2 is 2.04 bits per heavy atom. The molecule has 0 saturated heterocycles. The highest BCUT2D eigenvalue weighted by Gasteiger charge is 2.16. The summed E-state index contributed by atoms with van der Waals surface area (Å²) in [6.07, 6.45) is 10.9. The van der Waals surface area contributed by atoms with Crippen molar-refractivity contribution in [2.24, 2.45) is 5.92 Å². The van der Waals surface area contributed by atoms with E-state index in [-0.39, 0.29) is 6.61 Å². The molecule has 4 rings (SSSR count). The van der Waals surface area contributed by atoms with Crippen molar-refractivity contribution >= 4 is 22.7 Å². The van der Waals surface area contributed by atoms with Gasteiger partial charge in [0, 0.05) is 25.0 Å². The molecule has 1 aliphatic carbocycles. The van der Waals surface area contributed by atoms with Crippen LogP contribution >= 0.6 is 0 Å². The van der Waals surface area contributed by atoms with E-state index in [4.69, 9.17) is 10.1 Å². The molecule has 26 heavy (non-hydrogen) atoms. The van der Waals surface area contributed by atoms with Crippen LogP contribution in [0, 0.1) is 5.92 Å². The maximum atomic E-state index is 9.11. The molecule has 1 aliphatic rings. The summed E-state index contributed by atoms with van der Waals surface area (Å²) in [5.41, 5.74) is 2.90. The van der Waals surface area contributed by atoms with E-state index in [2.05, 4.69) is 15.4 Å². The first-order valence-corrected chi connectivity index (χ1v) is 9.47. The number of nitrogens with zero attached hydrogens (tertiary/aromatic N) is 4. The van der Waals surface area contributed by atoms with Crippen molar-refractivity contribution in [3.63, 3.8) is 0 Å². The SMILES string of the molecule is OCCc1cccc(Nc2ncc3cnn(CC4CCCCC4)c3n2)c1. The number of fused-ring (bicyclic) bond motifs is 1. The average molecular weight is 351 g/mol. The van der Waals surface area contributed by atoms with Crippen LogP contribution in [0.3, 0.4) is 0 Å². The summed E-state index contributed by atoms with van der Waals surface area (Å²) in [6.45, 7) is 1.08. The van der Waals surface area contributed by atoms with Crippen LogP contribution in [0.1, 0.15) is 37.7 Å². The lowest BCUT2D eigenvalue weighted by Gasteiger charge is -2.21. The second-order valence-corrected chi connectivity index (χ2v) is 7.10. The fourth-order valence-electron chi connectivity index (χ4n) is 3.74. The van der Waals surface area contributed by atoms with Crippen molar-refractivity contribution in [3.8, 4) is 0 Å². The van der Waals surface area contributed by atoms with Crippen LogP contribution < -0.4 is 5.32 Å². The summed E-state index contributed by atoms with van der Waals surface area (Å²) >= 11 is 0. The van der Waals surface area contributed by atoms with Crippen LogP contribution in [0.5, 0.6) is 0 Å². The first kappa shape index (κ1) is 17.0. The normalized spacial score (nSPS) is 15.4. The fourth-order valence-corrected chi connectivity index (χ4v) is 3.74. The van der Waals surface area contributed by atoms with Gasteiger partial charge in [-0.3, -0.25) is 0 Å². The van der Waals surface area contributed by atoms with Crippen molar-refractivity contribution < 1.29 is 5.11 Å². The summed E-state index contributed by atoms with van der Waals surface area (Å²) in [6, 6.07) is 7.97. The van der Waals surface area contributed by atoms with Gasteiger partial charge in [0.25, 0.3) is 0 Å². The summed E-state index contributed by atoms with van der Waals surface area (Å²) in [4.78, 5) is 9.11. The van der Waals surface area contributed by atoms with E-state index >= 15 is 0 Å². The third-order valence-corrected chi connectivity index (χ3v) is 5.12. The van der Waals surface area contributed by atoms with Gasteiger partial charge in [-0.15, -0.1) is 0 Å². The van der Waals surface area contributed by atoms with Gasteiger partial charge in [-0.25, -0.2) is 9.67 Å². The van der Waals surface area contributed by atoms with Crippen LogP contribution in [0.4, 0.5) is 11.6 Å². The van der Waals surface area contributed by atoms with Crippen LogP contribution in [0.15, 0.2) is 36.7 Å². The highest BCUT2D eigenvalue weighted by Crippen LogP contribution is 2.26. The second kappa shape index (κ2) is 7.83. The number of hydrogen-bond donors (Lipinski definition) is 2. The highest BCUT2D eigenvalue weighted by atomic mass is 16.2. The van der Waals surface area contributed by atoms with Crippen molar-refractivity contribution in [2.75, 3.05) is 11.9 Å². The zero-order valence-corrected chi connectivity index (χ0v) is 14.9. The molecule has 1 saturated carbocycles. The molecule has 0 amide bonds. The van der Waals surface area contributed by atoms with Crippen molar-refractivity contribution in [3.05, 3.63) is 42.2 Å². The van der Waals surface area contributed by atoms with Gasteiger partial charge >= 0.3 is 0 Å². The maximum Gasteiger partial charge on any atom is 0.229 e. The lowest BCUT2D eigenvalue weighted by Crippen LogP contribution is -2.15. The predicted octanol–water partition coefficient (Wildman–Crippen LogP) is 3.69. The number of anilines is 2. The van der Waals surface area contributed by atoms with Gasteiger partial charge in [0.2, 0.25) is 5.95 Å². The van der Waals surface area contributed by atoms with E-state index < -0.39 is 0 Å². The molecule has 0 bridgehead atoms. The maximum absolute atomic E-state index is 9.11. The Morgan fingerprint density at radius 1 is 1.15 bits per heavy atom. The quantitative estimate of drug-likeness (QED) is 0.708. The van der Waals surface area contributed by atoms with Gasteiger partial charge in [-0.05, 0) is 42.9 Å². The van der Waals surface area contributed by atoms with Gasteiger partial charge in [0.1, 0.15) is 0 Å². The second-order valence-electron chi connectivity index (χ2n) is 7.10. The number of aliphatic hydroxyl groups excluding tert-OH is 1. The molecule has 2 N–H and O–H groups in total. The molecule has 1 aromatic carbocycles. The monoisotopic (exact) mass is 351 g/mol. The third-order valence-electron chi connectivity index (χ3n) is 5.12. The summed E-state index contributed by atoms with van der Waals surface area (Å²) in [5, 5.41) is 17.9. The van der Waals surface area contributed by atoms with Crippen LogP contribution in [0.25, 0.3) is 11.0 Å². The molecule has 0 unspecified atom stereocenters. The van der Waals surface area contributed by atoms with Crippen LogP contribution in [-0.2, 0) is 13.0 Å². The minimum atomic E-state index is 0.145. The topological polar surface area (TPSA) is 75.9 Å². The Bertz CT molecular complexity index is 870. The van der Waals surface area contributed by atoms with Gasteiger partial charge in [0.15, 0.2) is 5.65 Å². The van der Waals surface area contributed by atoms with Crippen molar-refractivity contribution in [2.45, 2.75) is 45.1 Å². The largest absolute Gasteiger partial charge is 0.396 e. The Labute approximate surface area is 153 Å². The zero-order valence-electron chi connectivity index (χ0n) is 14.9. The zero-order chi connectivity index (χ0) is 17.8. The van der Waals surface area contributed by atoms with Crippen LogP contribution in [0.2, 0.25) is 0 Å². The summed E-state index contributed by atoms with van der Waals surface area (Å²) in [5.74, 6) is 1.28. The lowest BCUT2D eigenvalue weighted by atomic mass is 9.89. The minimum Gasteiger partial charge on any atom is -0.396 e. The molecule has 0 atom stereocenters. The predicted molar refractivity (Wildman–Crippen MR) is 102 cm³/mol. The standard InChI is InChI=1S/C20H25N5O/c26-10-9-15-7-4-8-18(11-15)23-20-21-12-17-13-22-25(19(17)24-20)14-16-5-2-1-3-6-16/h4,7-8,11-13,16,26H,1-3,5-6,9-10,14H2,(H,21,23,24). The number of hydrogen-bond acceptors (Lipinski definition) is 5. The summed E-state index contributed by atoms with van der Waals surface area (Å²) < 4.78 is 2.03. The van der Waals surface area contributed by atoms with Gasteiger partial charge in [0.05, 0.1) is 11.6 Å². The average Bonchev–Trinajstić information content (AvgIpc) is 3.05. The van der Waals surface area contributed by atoms with E-state index in [1.807, 2.05) is 41.3 Å². The van der Waals surface area contributed by atoms with Gasteiger partial charge < -0.3 is 10.4 Å². The minimum absolute atomic E-state index is 0.145. The Morgan fingerprint density at radius 3 is 2.88 bits per heavy atom. The molecule has 6 heteroatoms. The number of aromatic nitrogens is 4. The number of rotatable bonds is 6. The fraction of sp³-hybridized carbons (Fsp3) is 0.450. The molecule has 2 heterocycles. The number of aliphatic hydroxyl groups is 1.